The first-order chi connectivity index (χ1) is 11.4. The first kappa shape index (κ1) is 19.9. The number of guanidine groups is 1. The van der Waals surface area contributed by atoms with Crippen LogP contribution in [0.1, 0.15) is 31.9 Å². The molecule has 0 fully saturated rings. The van der Waals surface area contributed by atoms with E-state index < -0.39 is 0 Å². The van der Waals surface area contributed by atoms with Crippen LogP contribution in [-0.4, -0.2) is 50.8 Å². The van der Waals surface area contributed by atoms with Crippen LogP contribution < -0.4 is 10.6 Å². The van der Waals surface area contributed by atoms with Crippen molar-refractivity contribution in [1.29, 1.82) is 0 Å². The minimum Gasteiger partial charge on any atom is -0.469 e. The Morgan fingerprint density at radius 1 is 1.26 bits per heavy atom. The van der Waals surface area contributed by atoms with Crippen molar-refractivity contribution in [3.05, 3.63) is 24.2 Å². The van der Waals surface area contributed by atoms with Gasteiger partial charge in [-0.15, -0.1) is 0 Å². The van der Waals surface area contributed by atoms with Crippen LogP contribution in [-0.2, 0) is 11.2 Å². The van der Waals surface area contributed by atoms with Crippen LogP contribution in [0.15, 0.2) is 27.8 Å². The van der Waals surface area contributed by atoms with Gasteiger partial charge in [0.2, 0.25) is 0 Å². The Balaban J connectivity index is 2.26. The predicted molar refractivity (Wildman–Crippen MR) is 99.4 cm³/mol. The van der Waals surface area contributed by atoms with Gasteiger partial charge in [-0.1, -0.05) is 0 Å². The molecule has 0 spiro atoms. The SMILES string of the molecule is CCOCCCN=C(NCCCCSC)NCCc1ccco1. The number of rotatable bonds is 13. The lowest BCUT2D eigenvalue weighted by Gasteiger charge is -2.12. The zero-order chi connectivity index (χ0) is 16.6. The van der Waals surface area contributed by atoms with Crippen molar-refractivity contribution in [2.45, 2.75) is 32.6 Å². The molecule has 0 saturated carbocycles. The molecule has 1 rings (SSSR count). The van der Waals surface area contributed by atoms with Crippen LogP contribution in [0.5, 0.6) is 0 Å². The maximum absolute atomic E-state index is 5.35. The van der Waals surface area contributed by atoms with Crippen LogP contribution >= 0.6 is 11.8 Å². The summed E-state index contributed by atoms with van der Waals surface area (Å²) < 4.78 is 10.7. The first-order valence-corrected chi connectivity index (χ1v) is 9.87. The normalized spacial score (nSPS) is 11.7. The predicted octanol–water partition coefficient (Wildman–Crippen LogP) is 2.93. The third-order valence-corrected chi connectivity index (χ3v) is 3.93. The van der Waals surface area contributed by atoms with E-state index in [4.69, 9.17) is 9.15 Å². The molecule has 0 amide bonds. The van der Waals surface area contributed by atoms with Gasteiger partial charge in [-0.25, -0.2) is 0 Å². The van der Waals surface area contributed by atoms with E-state index in [-0.39, 0.29) is 0 Å². The maximum atomic E-state index is 5.35. The number of nitrogens with one attached hydrogen (secondary N) is 2. The average Bonchev–Trinajstić information content (AvgIpc) is 3.07. The lowest BCUT2D eigenvalue weighted by molar-refractivity contribution is 0.146. The van der Waals surface area contributed by atoms with Crippen molar-refractivity contribution >= 4 is 17.7 Å². The van der Waals surface area contributed by atoms with Crippen LogP contribution in [0.25, 0.3) is 0 Å². The number of nitrogens with zero attached hydrogens (tertiary/aromatic N) is 1. The molecule has 0 aliphatic rings. The van der Waals surface area contributed by atoms with Crippen LogP contribution in [0.3, 0.4) is 0 Å². The molecule has 23 heavy (non-hydrogen) atoms. The highest BCUT2D eigenvalue weighted by molar-refractivity contribution is 7.98. The Morgan fingerprint density at radius 2 is 2.13 bits per heavy atom. The van der Waals surface area contributed by atoms with Crippen molar-refractivity contribution in [2.24, 2.45) is 4.99 Å². The smallest absolute Gasteiger partial charge is 0.191 e. The van der Waals surface area contributed by atoms with Crippen molar-refractivity contribution in [1.82, 2.24) is 10.6 Å². The van der Waals surface area contributed by atoms with E-state index in [0.717, 1.165) is 57.4 Å². The topological polar surface area (TPSA) is 58.8 Å². The van der Waals surface area contributed by atoms with E-state index in [1.165, 1.54) is 18.6 Å². The highest BCUT2D eigenvalue weighted by atomic mass is 32.2. The molecule has 1 heterocycles. The summed E-state index contributed by atoms with van der Waals surface area (Å²) in [6, 6.07) is 3.92. The molecule has 0 aromatic carbocycles. The second-order valence-electron chi connectivity index (χ2n) is 5.16. The highest BCUT2D eigenvalue weighted by Gasteiger charge is 2.00. The van der Waals surface area contributed by atoms with Gasteiger partial charge in [0, 0.05) is 39.3 Å². The maximum Gasteiger partial charge on any atom is 0.191 e. The Bertz CT molecular complexity index is 397. The fourth-order valence-electron chi connectivity index (χ4n) is 2.01. The quantitative estimate of drug-likeness (QED) is 0.328. The molecule has 5 nitrogen and oxygen atoms in total. The van der Waals surface area contributed by atoms with Crippen LogP contribution in [0.4, 0.5) is 0 Å². The Kier molecular flexibility index (Phi) is 12.5. The van der Waals surface area contributed by atoms with Gasteiger partial charge in [0.25, 0.3) is 0 Å². The number of unbranched alkanes of at least 4 members (excludes halogenated alkanes) is 1. The van der Waals surface area contributed by atoms with E-state index >= 15 is 0 Å². The summed E-state index contributed by atoms with van der Waals surface area (Å²) in [6.07, 6.45) is 8.07. The van der Waals surface area contributed by atoms with E-state index in [0.29, 0.717) is 0 Å². The van der Waals surface area contributed by atoms with Gasteiger partial charge in [-0.2, -0.15) is 11.8 Å². The van der Waals surface area contributed by atoms with E-state index in [2.05, 4.69) is 21.9 Å². The first-order valence-electron chi connectivity index (χ1n) is 8.48. The average molecular weight is 342 g/mol. The number of hydrogen-bond acceptors (Lipinski definition) is 4. The number of hydrogen-bond donors (Lipinski definition) is 2. The van der Waals surface area contributed by atoms with Crippen molar-refractivity contribution < 1.29 is 9.15 Å². The summed E-state index contributed by atoms with van der Waals surface area (Å²) in [4.78, 5) is 4.61. The molecule has 2 N–H and O–H groups in total. The highest BCUT2D eigenvalue weighted by Crippen LogP contribution is 2.00. The van der Waals surface area contributed by atoms with Gasteiger partial charge < -0.3 is 19.8 Å². The van der Waals surface area contributed by atoms with E-state index in [1.54, 1.807) is 6.26 Å². The molecule has 0 saturated heterocycles. The number of aliphatic imine (C=N–C) groups is 1. The number of furan rings is 1. The Labute approximate surface area is 144 Å². The molecule has 0 bridgehead atoms. The van der Waals surface area contributed by atoms with Gasteiger partial charge in [0.05, 0.1) is 6.26 Å². The molecule has 1 aromatic rings. The lowest BCUT2D eigenvalue weighted by Crippen LogP contribution is -2.39. The van der Waals surface area contributed by atoms with Crippen LogP contribution in [0, 0.1) is 0 Å². The molecule has 0 aliphatic heterocycles. The Morgan fingerprint density at radius 3 is 2.87 bits per heavy atom. The molecule has 0 aliphatic carbocycles. The fourth-order valence-corrected chi connectivity index (χ4v) is 2.51. The number of thioether (sulfide) groups is 1. The van der Waals surface area contributed by atoms with Crippen LogP contribution in [0.2, 0.25) is 0 Å². The molecule has 1 aromatic heterocycles. The molecule has 0 atom stereocenters. The minimum atomic E-state index is 0.770. The van der Waals surface area contributed by atoms with Gasteiger partial charge in [0.1, 0.15) is 5.76 Å². The summed E-state index contributed by atoms with van der Waals surface area (Å²) in [5.41, 5.74) is 0. The van der Waals surface area contributed by atoms with E-state index in [1.807, 2.05) is 30.8 Å². The largest absolute Gasteiger partial charge is 0.469 e. The van der Waals surface area contributed by atoms with Crippen molar-refractivity contribution in [3.8, 4) is 0 Å². The molecule has 0 unspecified atom stereocenters. The van der Waals surface area contributed by atoms with Gasteiger partial charge in [-0.3, -0.25) is 4.99 Å². The second-order valence-corrected chi connectivity index (χ2v) is 6.15. The standard InChI is InChI=1S/C17H31N3O2S/c1-3-21-13-7-11-19-17(18-10-4-5-15-23-2)20-12-9-16-8-6-14-22-16/h6,8,14H,3-5,7,9-13,15H2,1-2H3,(H2,18,19,20). The molecule has 6 heteroatoms. The van der Waals surface area contributed by atoms with Gasteiger partial charge in [0.15, 0.2) is 5.96 Å². The molecule has 0 radical (unpaired) electrons. The second kappa shape index (κ2) is 14.5. The van der Waals surface area contributed by atoms with Gasteiger partial charge >= 0.3 is 0 Å². The summed E-state index contributed by atoms with van der Waals surface area (Å²) in [5, 5.41) is 6.78. The monoisotopic (exact) mass is 341 g/mol. The van der Waals surface area contributed by atoms with Crippen molar-refractivity contribution in [3.63, 3.8) is 0 Å². The summed E-state index contributed by atoms with van der Waals surface area (Å²) in [6.45, 7) is 6.11. The lowest BCUT2D eigenvalue weighted by atomic mass is 10.3. The minimum absolute atomic E-state index is 0.770. The zero-order valence-electron chi connectivity index (χ0n) is 14.5. The summed E-state index contributed by atoms with van der Waals surface area (Å²) in [5.74, 6) is 3.10. The summed E-state index contributed by atoms with van der Waals surface area (Å²) >= 11 is 1.90. The fraction of sp³-hybridized carbons (Fsp3) is 0.706. The van der Waals surface area contributed by atoms with E-state index in [9.17, 15) is 0 Å². The molecule has 132 valence electrons. The molecular formula is C17H31N3O2S. The third-order valence-electron chi connectivity index (χ3n) is 3.23. The third kappa shape index (κ3) is 11.1. The molecular weight excluding hydrogens is 310 g/mol. The summed E-state index contributed by atoms with van der Waals surface area (Å²) in [7, 11) is 0. The van der Waals surface area contributed by atoms with Gasteiger partial charge in [-0.05, 0) is 50.3 Å². The van der Waals surface area contributed by atoms with Crippen molar-refractivity contribution in [2.75, 3.05) is 44.9 Å². The zero-order valence-corrected chi connectivity index (χ0v) is 15.3. The number of ether oxygens (including phenoxy) is 1. The Hall–Kier alpha value is -1.14.